The van der Waals surface area contributed by atoms with E-state index in [9.17, 15) is 4.79 Å². The molecular weight excluding hydrogens is 192 g/mol. The van der Waals surface area contributed by atoms with Gasteiger partial charge in [-0.3, -0.25) is 9.89 Å². The molecule has 0 bridgehead atoms. The predicted octanol–water partition coefficient (Wildman–Crippen LogP) is 0.441. The second kappa shape index (κ2) is 6.19. The normalized spacial score (nSPS) is 10.3. The molecule has 1 rings (SSSR count). The second-order valence-corrected chi connectivity index (χ2v) is 3.38. The number of nitrogens with zero attached hydrogens (tertiary/aromatic N) is 1. The molecule has 0 saturated carbocycles. The van der Waals surface area contributed by atoms with Crippen molar-refractivity contribution in [3.63, 3.8) is 0 Å². The number of carbonyl (C=O) groups is 1. The highest BCUT2D eigenvalue weighted by Gasteiger charge is 2.08. The van der Waals surface area contributed by atoms with E-state index in [-0.39, 0.29) is 5.91 Å². The van der Waals surface area contributed by atoms with Gasteiger partial charge in [0, 0.05) is 12.2 Å². The van der Waals surface area contributed by atoms with Gasteiger partial charge in [-0.2, -0.15) is 5.10 Å². The van der Waals surface area contributed by atoms with Gasteiger partial charge in [0.25, 0.3) is 5.91 Å². The first-order chi connectivity index (χ1) is 7.27. The molecule has 1 aromatic heterocycles. The van der Waals surface area contributed by atoms with Crippen molar-refractivity contribution in [2.75, 3.05) is 13.1 Å². The Balaban J connectivity index is 2.33. The maximum atomic E-state index is 11.5. The molecule has 4 N–H and O–H groups in total. The zero-order chi connectivity index (χ0) is 11.1. The number of aromatic amines is 1. The van der Waals surface area contributed by atoms with Gasteiger partial charge in [-0.05, 0) is 31.9 Å². The highest BCUT2D eigenvalue weighted by Crippen LogP contribution is 1.99. The van der Waals surface area contributed by atoms with Crippen LogP contribution >= 0.6 is 0 Å². The van der Waals surface area contributed by atoms with E-state index < -0.39 is 0 Å². The van der Waals surface area contributed by atoms with Crippen molar-refractivity contribution in [2.24, 2.45) is 5.73 Å². The molecule has 1 amide bonds. The van der Waals surface area contributed by atoms with Gasteiger partial charge in [0.05, 0.1) is 0 Å². The van der Waals surface area contributed by atoms with Gasteiger partial charge in [0.1, 0.15) is 5.69 Å². The second-order valence-electron chi connectivity index (χ2n) is 3.38. The van der Waals surface area contributed by atoms with Crippen molar-refractivity contribution in [2.45, 2.75) is 26.2 Å². The SMILES string of the molecule is CCc1cc(C(=O)NCCCCN)n[nH]1. The smallest absolute Gasteiger partial charge is 0.271 e. The number of unbranched alkanes of at least 4 members (excludes halogenated alkanes) is 1. The lowest BCUT2D eigenvalue weighted by Gasteiger charge is -2.01. The number of aryl methyl sites for hydroxylation is 1. The number of H-pyrrole nitrogens is 1. The third-order valence-electron chi connectivity index (χ3n) is 2.16. The summed E-state index contributed by atoms with van der Waals surface area (Å²) in [6, 6.07) is 1.78. The maximum Gasteiger partial charge on any atom is 0.271 e. The van der Waals surface area contributed by atoms with Crippen molar-refractivity contribution in [1.82, 2.24) is 15.5 Å². The van der Waals surface area contributed by atoms with E-state index in [0.29, 0.717) is 18.8 Å². The first-order valence-electron chi connectivity index (χ1n) is 5.30. The van der Waals surface area contributed by atoms with Crippen molar-refractivity contribution in [3.05, 3.63) is 17.5 Å². The molecule has 0 unspecified atom stereocenters. The minimum absolute atomic E-state index is 0.122. The molecule has 1 heterocycles. The predicted molar refractivity (Wildman–Crippen MR) is 58.6 cm³/mol. The lowest BCUT2D eigenvalue weighted by atomic mass is 10.3. The van der Waals surface area contributed by atoms with E-state index in [4.69, 9.17) is 5.73 Å². The molecule has 0 aliphatic rings. The van der Waals surface area contributed by atoms with E-state index in [1.165, 1.54) is 0 Å². The maximum absolute atomic E-state index is 11.5. The molecule has 0 saturated heterocycles. The fraction of sp³-hybridized carbons (Fsp3) is 0.600. The largest absolute Gasteiger partial charge is 0.351 e. The van der Waals surface area contributed by atoms with E-state index in [2.05, 4.69) is 15.5 Å². The number of nitrogens with two attached hydrogens (primary N) is 1. The van der Waals surface area contributed by atoms with Crippen LogP contribution in [0.1, 0.15) is 35.9 Å². The van der Waals surface area contributed by atoms with Gasteiger partial charge in [0.2, 0.25) is 0 Å². The fourth-order valence-corrected chi connectivity index (χ4v) is 1.22. The molecule has 15 heavy (non-hydrogen) atoms. The van der Waals surface area contributed by atoms with Crippen LogP contribution in [0.4, 0.5) is 0 Å². The first kappa shape index (κ1) is 11.7. The van der Waals surface area contributed by atoms with Crippen LogP contribution in [0.2, 0.25) is 0 Å². The summed E-state index contributed by atoms with van der Waals surface area (Å²) in [5, 5.41) is 9.53. The van der Waals surface area contributed by atoms with Gasteiger partial charge >= 0.3 is 0 Å². The van der Waals surface area contributed by atoms with Crippen LogP contribution in [0, 0.1) is 0 Å². The Morgan fingerprint density at radius 1 is 1.60 bits per heavy atom. The molecule has 0 fully saturated rings. The Labute approximate surface area is 89.4 Å². The zero-order valence-corrected chi connectivity index (χ0v) is 9.05. The Hall–Kier alpha value is -1.36. The molecule has 5 nitrogen and oxygen atoms in total. The summed E-state index contributed by atoms with van der Waals surface area (Å²) >= 11 is 0. The Kier molecular flexibility index (Phi) is 4.83. The number of nitrogens with one attached hydrogen (secondary N) is 2. The monoisotopic (exact) mass is 210 g/mol. The topological polar surface area (TPSA) is 83.8 Å². The van der Waals surface area contributed by atoms with Crippen LogP contribution in [0.25, 0.3) is 0 Å². The van der Waals surface area contributed by atoms with Crippen LogP contribution in [0.5, 0.6) is 0 Å². The minimum atomic E-state index is -0.122. The van der Waals surface area contributed by atoms with Crippen LogP contribution in [-0.2, 0) is 6.42 Å². The highest BCUT2D eigenvalue weighted by atomic mass is 16.1. The van der Waals surface area contributed by atoms with Gasteiger partial charge in [-0.1, -0.05) is 6.92 Å². The van der Waals surface area contributed by atoms with Crippen molar-refractivity contribution in [1.29, 1.82) is 0 Å². The lowest BCUT2D eigenvalue weighted by Crippen LogP contribution is -2.25. The van der Waals surface area contributed by atoms with E-state index in [1.807, 2.05) is 6.92 Å². The van der Waals surface area contributed by atoms with E-state index >= 15 is 0 Å². The summed E-state index contributed by atoms with van der Waals surface area (Å²) in [6.45, 7) is 3.33. The molecule has 0 radical (unpaired) electrons. The van der Waals surface area contributed by atoms with E-state index in [1.54, 1.807) is 6.07 Å². The molecule has 0 aliphatic heterocycles. The molecule has 0 atom stereocenters. The van der Waals surface area contributed by atoms with Crippen molar-refractivity contribution >= 4 is 5.91 Å². The van der Waals surface area contributed by atoms with Crippen LogP contribution < -0.4 is 11.1 Å². The molecule has 0 aliphatic carbocycles. The van der Waals surface area contributed by atoms with Gasteiger partial charge in [-0.25, -0.2) is 0 Å². The van der Waals surface area contributed by atoms with Crippen molar-refractivity contribution < 1.29 is 4.79 Å². The Morgan fingerprint density at radius 2 is 2.40 bits per heavy atom. The summed E-state index contributed by atoms with van der Waals surface area (Å²) in [6.07, 6.45) is 2.70. The van der Waals surface area contributed by atoms with Crippen LogP contribution in [-0.4, -0.2) is 29.2 Å². The highest BCUT2D eigenvalue weighted by molar-refractivity contribution is 5.92. The summed E-state index contributed by atoms with van der Waals surface area (Å²) in [7, 11) is 0. The number of hydrogen-bond acceptors (Lipinski definition) is 3. The van der Waals surface area contributed by atoms with Crippen LogP contribution in [0.3, 0.4) is 0 Å². The number of carbonyl (C=O) groups excluding carboxylic acids is 1. The number of aromatic nitrogens is 2. The third kappa shape index (κ3) is 3.71. The lowest BCUT2D eigenvalue weighted by molar-refractivity contribution is 0.0948. The average molecular weight is 210 g/mol. The Morgan fingerprint density at radius 3 is 3.00 bits per heavy atom. The van der Waals surface area contributed by atoms with Crippen molar-refractivity contribution in [3.8, 4) is 0 Å². The minimum Gasteiger partial charge on any atom is -0.351 e. The van der Waals surface area contributed by atoms with Crippen LogP contribution in [0.15, 0.2) is 6.07 Å². The summed E-state index contributed by atoms with van der Waals surface area (Å²) in [5.41, 5.74) is 6.78. The number of amides is 1. The van der Waals surface area contributed by atoms with Gasteiger partial charge < -0.3 is 11.1 Å². The summed E-state index contributed by atoms with van der Waals surface area (Å²) < 4.78 is 0. The zero-order valence-electron chi connectivity index (χ0n) is 9.05. The number of rotatable bonds is 6. The van der Waals surface area contributed by atoms with E-state index in [0.717, 1.165) is 25.0 Å². The van der Waals surface area contributed by atoms with Gasteiger partial charge in [0.15, 0.2) is 0 Å². The summed E-state index contributed by atoms with van der Waals surface area (Å²) in [4.78, 5) is 11.5. The third-order valence-corrected chi connectivity index (χ3v) is 2.16. The first-order valence-corrected chi connectivity index (χ1v) is 5.30. The molecule has 84 valence electrons. The Bertz CT molecular complexity index is 308. The summed E-state index contributed by atoms with van der Waals surface area (Å²) in [5.74, 6) is -0.122. The average Bonchev–Trinajstić information content (AvgIpc) is 2.72. The quantitative estimate of drug-likeness (QED) is 0.596. The van der Waals surface area contributed by atoms with Gasteiger partial charge in [-0.15, -0.1) is 0 Å². The molecule has 1 aromatic rings. The standard InChI is InChI=1S/C10H18N4O/c1-2-8-7-9(14-13-8)10(15)12-6-4-3-5-11/h7H,2-6,11H2,1H3,(H,12,15)(H,13,14). The molecule has 0 aromatic carbocycles. The molecule has 5 heteroatoms. The number of hydrogen-bond donors (Lipinski definition) is 3. The molecule has 0 spiro atoms. The fourth-order valence-electron chi connectivity index (χ4n) is 1.22. The molecular formula is C10H18N4O.